The SMILES string of the molecule is Cn1c(-c2ccnc3c(N=Nc4ccccc4)c(N)nn23)nc2ccccc21. The van der Waals surface area contributed by atoms with Gasteiger partial charge in [0.1, 0.15) is 5.69 Å². The summed E-state index contributed by atoms with van der Waals surface area (Å²) in [5.74, 6) is 1.03. The normalized spacial score (nSPS) is 11.8. The second-order valence-electron chi connectivity index (χ2n) is 6.32. The molecule has 0 radical (unpaired) electrons. The highest BCUT2D eigenvalue weighted by atomic mass is 15.3. The van der Waals surface area contributed by atoms with Crippen molar-refractivity contribution in [3.8, 4) is 11.5 Å². The standard InChI is InChI=1S/C20H16N8/c1-27-15-10-6-5-9-14(15)23-19(27)16-11-12-22-20-17(18(21)26-28(16)20)25-24-13-7-3-2-4-8-13/h2-12H,1H3,(H2,21,26). The third-order valence-electron chi connectivity index (χ3n) is 4.56. The van der Waals surface area contributed by atoms with E-state index in [-0.39, 0.29) is 5.82 Å². The Balaban J connectivity index is 1.68. The van der Waals surface area contributed by atoms with Crippen LogP contribution in [0.2, 0.25) is 0 Å². The van der Waals surface area contributed by atoms with Gasteiger partial charge in [0.15, 0.2) is 23.0 Å². The summed E-state index contributed by atoms with van der Waals surface area (Å²) in [6.07, 6.45) is 1.70. The Kier molecular flexibility index (Phi) is 3.61. The highest BCUT2D eigenvalue weighted by Crippen LogP contribution is 2.31. The minimum Gasteiger partial charge on any atom is -0.380 e. The van der Waals surface area contributed by atoms with E-state index in [9.17, 15) is 0 Å². The van der Waals surface area contributed by atoms with Crippen LogP contribution in [0.4, 0.5) is 17.2 Å². The van der Waals surface area contributed by atoms with Crippen molar-refractivity contribution in [1.29, 1.82) is 0 Å². The molecule has 8 nitrogen and oxygen atoms in total. The molecule has 8 heteroatoms. The van der Waals surface area contributed by atoms with Gasteiger partial charge in [-0.15, -0.1) is 10.2 Å². The number of nitrogens with two attached hydrogens (primary N) is 1. The van der Waals surface area contributed by atoms with Gasteiger partial charge in [0.2, 0.25) is 0 Å². The van der Waals surface area contributed by atoms with Crippen LogP contribution < -0.4 is 5.73 Å². The Bertz CT molecular complexity index is 1330. The number of hydrogen-bond acceptors (Lipinski definition) is 6. The van der Waals surface area contributed by atoms with Crippen molar-refractivity contribution < 1.29 is 0 Å². The van der Waals surface area contributed by atoms with Crippen LogP contribution in [-0.2, 0) is 7.05 Å². The predicted octanol–water partition coefficient (Wildman–Crippen LogP) is 4.28. The van der Waals surface area contributed by atoms with Gasteiger partial charge in [-0.25, -0.2) is 14.5 Å². The van der Waals surface area contributed by atoms with Gasteiger partial charge in [0.25, 0.3) is 0 Å². The molecule has 0 amide bonds. The zero-order chi connectivity index (χ0) is 19.1. The van der Waals surface area contributed by atoms with Crippen LogP contribution >= 0.6 is 0 Å². The minimum absolute atomic E-state index is 0.262. The van der Waals surface area contributed by atoms with E-state index in [0.29, 0.717) is 11.3 Å². The van der Waals surface area contributed by atoms with E-state index in [1.54, 1.807) is 10.7 Å². The molecule has 0 aliphatic rings. The average Bonchev–Trinajstić information content (AvgIpc) is 3.23. The fourth-order valence-corrected chi connectivity index (χ4v) is 3.19. The van der Waals surface area contributed by atoms with Crippen molar-refractivity contribution in [3.63, 3.8) is 0 Å². The van der Waals surface area contributed by atoms with Crippen LogP contribution in [0.1, 0.15) is 0 Å². The molecular formula is C20H16N8. The van der Waals surface area contributed by atoms with E-state index < -0.39 is 0 Å². The Morgan fingerprint density at radius 3 is 2.54 bits per heavy atom. The van der Waals surface area contributed by atoms with Crippen molar-refractivity contribution in [2.45, 2.75) is 0 Å². The summed E-state index contributed by atoms with van der Waals surface area (Å²) in [6.45, 7) is 0. The Hall–Kier alpha value is -4.07. The van der Waals surface area contributed by atoms with Gasteiger partial charge in [-0.3, -0.25) is 0 Å². The molecule has 0 unspecified atom stereocenters. The van der Waals surface area contributed by atoms with Gasteiger partial charge < -0.3 is 10.3 Å². The summed E-state index contributed by atoms with van der Waals surface area (Å²) in [5.41, 5.74) is 10.5. The summed E-state index contributed by atoms with van der Waals surface area (Å²) in [7, 11) is 1.97. The lowest BCUT2D eigenvalue weighted by molar-refractivity contribution is 0.898. The number of para-hydroxylation sites is 2. The molecule has 0 atom stereocenters. The van der Waals surface area contributed by atoms with Crippen LogP contribution in [0.15, 0.2) is 77.1 Å². The first kappa shape index (κ1) is 16.1. The van der Waals surface area contributed by atoms with Crippen molar-refractivity contribution in [3.05, 3.63) is 66.9 Å². The van der Waals surface area contributed by atoms with Crippen LogP contribution in [0.25, 0.3) is 28.2 Å². The first-order valence-corrected chi connectivity index (χ1v) is 8.74. The van der Waals surface area contributed by atoms with Crippen LogP contribution in [0, 0.1) is 0 Å². The quantitative estimate of drug-likeness (QED) is 0.480. The maximum Gasteiger partial charge on any atom is 0.186 e. The van der Waals surface area contributed by atoms with Crippen LogP contribution in [0.5, 0.6) is 0 Å². The number of rotatable bonds is 3. The van der Waals surface area contributed by atoms with Gasteiger partial charge in [0, 0.05) is 13.2 Å². The maximum absolute atomic E-state index is 6.12. The second-order valence-corrected chi connectivity index (χ2v) is 6.32. The molecule has 0 bridgehead atoms. The highest BCUT2D eigenvalue weighted by Gasteiger charge is 2.18. The molecule has 5 aromatic rings. The second kappa shape index (κ2) is 6.27. The first-order valence-electron chi connectivity index (χ1n) is 8.74. The van der Waals surface area contributed by atoms with Gasteiger partial charge in [0.05, 0.1) is 16.7 Å². The van der Waals surface area contributed by atoms with E-state index in [2.05, 4.69) is 20.3 Å². The third kappa shape index (κ3) is 2.50. The highest BCUT2D eigenvalue weighted by molar-refractivity contribution is 5.82. The Morgan fingerprint density at radius 2 is 1.71 bits per heavy atom. The Labute approximate surface area is 160 Å². The molecule has 2 aromatic carbocycles. The lowest BCUT2D eigenvalue weighted by Gasteiger charge is -2.04. The van der Waals surface area contributed by atoms with Crippen LogP contribution in [0.3, 0.4) is 0 Å². The molecule has 2 N–H and O–H groups in total. The Morgan fingerprint density at radius 1 is 0.929 bits per heavy atom. The summed E-state index contributed by atoms with van der Waals surface area (Å²) in [4.78, 5) is 9.16. The van der Waals surface area contributed by atoms with E-state index in [4.69, 9.17) is 10.7 Å². The molecular weight excluding hydrogens is 352 g/mol. The molecule has 0 saturated heterocycles. The zero-order valence-electron chi connectivity index (χ0n) is 15.1. The number of aryl methyl sites for hydroxylation is 1. The maximum atomic E-state index is 6.12. The molecule has 0 aliphatic carbocycles. The lowest BCUT2D eigenvalue weighted by Crippen LogP contribution is -2.01. The number of hydrogen-bond donors (Lipinski definition) is 1. The molecule has 0 saturated carbocycles. The van der Waals surface area contributed by atoms with Gasteiger partial charge >= 0.3 is 0 Å². The number of benzene rings is 2. The smallest absolute Gasteiger partial charge is 0.186 e. The monoisotopic (exact) mass is 368 g/mol. The van der Waals surface area contributed by atoms with Crippen molar-refractivity contribution in [2.75, 3.05) is 5.73 Å². The number of azo groups is 1. The molecule has 28 heavy (non-hydrogen) atoms. The average molecular weight is 368 g/mol. The fourth-order valence-electron chi connectivity index (χ4n) is 3.19. The first-order chi connectivity index (χ1) is 13.7. The lowest BCUT2D eigenvalue weighted by atomic mass is 10.3. The topological polar surface area (TPSA) is 98.8 Å². The number of nitrogen functional groups attached to an aromatic ring is 1. The molecule has 3 aromatic heterocycles. The van der Waals surface area contributed by atoms with E-state index in [1.807, 2.05) is 72.3 Å². The number of fused-ring (bicyclic) bond motifs is 2. The largest absolute Gasteiger partial charge is 0.380 e. The molecule has 136 valence electrons. The number of imidazole rings is 1. The van der Waals surface area contributed by atoms with Crippen molar-refractivity contribution in [1.82, 2.24) is 24.1 Å². The van der Waals surface area contributed by atoms with Gasteiger partial charge in [-0.1, -0.05) is 30.3 Å². The molecule has 3 heterocycles. The predicted molar refractivity (Wildman–Crippen MR) is 108 cm³/mol. The van der Waals surface area contributed by atoms with Crippen molar-refractivity contribution >= 4 is 33.9 Å². The molecule has 5 rings (SSSR count). The fraction of sp³-hybridized carbons (Fsp3) is 0.0500. The van der Waals surface area contributed by atoms with Crippen molar-refractivity contribution in [2.24, 2.45) is 17.3 Å². The van der Waals surface area contributed by atoms with Gasteiger partial charge in [-0.05, 0) is 30.3 Å². The summed E-state index contributed by atoms with van der Waals surface area (Å²) in [6, 6.07) is 19.3. The summed E-state index contributed by atoms with van der Waals surface area (Å²) < 4.78 is 3.68. The zero-order valence-corrected chi connectivity index (χ0v) is 15.1. The van der Waals surface area contributed by atoms with E-state index in [0.717, 1.165) is 28.2 Å². The van der Waals surface area contributed by atoms with E-state index in [1.165, 1.54) is 0 Å². The number of aromatic nitrogens is 5. The molecule has 0 fully saturated rings. The summed E-state index contributed by atoms with van der Waals surface area (Å²) in [5, 5.41) is 13.0. The van der Waals surface area contributed by atoms with Gasteiger partial charge in [-0.2, -0.15) is 5.11 Å². The minimum atomic E-state index is 0.262. The molecule has 0 spiro atoms. The van der Waals surface area contributed by atoms with E-state index >= 15 is 0 Å². The third-order valence-corrected chi connectivity index (χ3v) is 4.56. The summed E-state index contributed by atoms with van der Waals surface area (Å²) >= 11 is 0. The number of anilines is 1. The molecule has 0 aliphatic heterocycles. The number of nitrogens with zero attached hydrogens (tertiary/aromatic N) is 7. The van der Waals surface area contributed by atoms with Crippen LogP contribution in [-0.4, -0.2) is 24.1 Å².